The van der Waals surface area contributed by atoms with E-state index in [0.29, 0.717) is 15.7 Å². The molecule has 1 aliphatic heterocycles. The van der Waals surface area contributed by atoms with E-state index in [9.17, 15) is 0 Å². The fourth-order valence-electron chi connectivity index (χ4n) is 2.58. The van der Waals surface area contributed by atoms with Gasteiger partial charge in [0, 0.05) is 17.9 Å². The summed E-state index contributed by atoms with van der Waals surface area (Å²) in [5.74, 6) is 0.861. The Morgan fingerprint density at radius 2 is 1.85 bits per heavy atom. The first-order valence-electron chi connectivity index (χ1n) is 6.29. The van der Waals surface area contributed by atoms with Crippen LogP contribution in [0.5, 0.6) is 5.75 Å². The highest BCUT2D eigenvalue weighted by Gasteiger charge is 2.24. The maximum atomic E-state index is 6.31. The summed E-state index contributed by atoms with van der Waals surface area (Å²) >= 11 is 12.6. The standard InChI is InChI=1S/C15H14Cl2N2O/c1-20-11-2-3-14-9(6-11)4-5-19(14)15-12(16)7-10(18)8-13(15)17/h2-3,6-8H,4-5,18H2,1H3. The molecule has 1 heterocycles. The summed E-state index contributed by atoms with van der Waals surface area (Å²) in [6.07, 6.45) is 0.934. The molecule has 3 nitrogen and oxygen atoms in total. The van der Waals surface area contributed by atoms with Crippen molar-refractivity contribution in [2.45, 2.75) is 6.42 Å². The normalized spacial score (nSPS) is 13.4. The lowest BCUT2D eigenvalue weighted by atomic mass is 10.1. The number of fused-ring (bicyclic) bond motifs is 1. The van der Waals surface area contributed by atoms with Gasteiger partial charge in [0.2, 0.25) is 0 Å². The summed E-state index contributed by atoms with van der Waals surface area (Å²) in [6.45, 7) is 0.839. The zero-order chi connectivity index (χ0) is 14.3. The lowest BCUT2D eigenvalue weighted by Gasteiger charge is -2.22. The van der Waals surface area contributed by atoms with Gasteiger partial charge in [0.1, 0.15) is 5.75 Å². The molecule has 0 amide bonds. The lowest BCUT2D eigenvalue weighted by molar-refractivity contribution is 0.414. The van der Waals surface area contributed by atoms with Gasteiger partial charge in [-0.1, -0.05) is 23.2 Å². The highest BCUT2D eigenvalue weighted by atomic mass is 35.5. The summed E-state index contributed by atoms with van der Waals surface area (Å²) in [4.78, 5) is 2.12. The van der Waals surface area contributed by atoms with Crippen LogP contribution in [0.1, 0.15) is 5.56 Å². The van der Waals surface area contributed by atoms with Crippen molar-refractivity contribution in [2.75, 3.05) is 24.3 Å². The molecule has 2 N–H and O–H groups in total. The Balaban J connectivity index is 2.08. The molecule has 0 aliphatic carbocycles. The molecule has 0 bridgehead atoms. The van der Waals surface area contributed by atoms with Crippen LogP contribution in [0, 0.1) is 0 Å². The summed E-state index contributed by atoms with van der Waals surface area (Å²) < 4.78 is 5.26. The zero-order valence-electron chi connectivity index (χ0n) is 11.0. The SMILES string of the molecule is COc1ccc2c(c1)CCN2c1c(Cl)cc(N)cc1Cl. The summed E-state index contributed by atoms with van der Waals surface area (Å²) in [6, 6.07) is 9.48. The molecule has 3 rings (SSSR count). The van der Waals surface area contributed by atoms with Gasteiger partial charge in [0.15, 0.2) is 0 Å². The van der Waals surface area contributed by atoms with E-state index in [1.807, 2.05) is 12.1 Å². The monoisotopic (exact) mass is 308 g/mol. The average Bonchev–Trinajstić information content (AvgIpc) is 2.80. The van der Waals surface area contributed by atoms with Crippen LogP contribution < -0.4 is 15.4 Å². The maximum absolute atomic E-state index is 6.31. The van der Waals surface area contributed by atoms with Crippen LogP contribution in [-0.2, 0) is 6.42 Å². The van der Waals surface area contributed by atoms with Gasteiger partial charge >= 0.3 is 0 Å². The number of halogens is 2. The first-order chi connectivity index (χ1) is 9.60. The molecule has 0 spiro atoms. The van der Waals surface area contributed by atoms with Crippen LogP contribution in [-0.4, -0.2) is 13.7 Å². The molecule has 0 fully saturated rings. The minimum Gasteiger partial charge on any atom is -0.497 e. The smallest absolute Gasteiger partial charge is 0.119 e. The first kappa shape index (κ1) is 13.4. The number of rotatable bonds is 2. The third-order valence-corrected chi connectivity index (χ3v) is 4.07. The minimum atomic E-state index is 0.568. The topological polar surface area (TPSA) is 38.5 Å². The Labute approximate surface area is 127 Å². The molecule has 104 valence electrons. The largest absolute Gasteiger partial charge is 0.497 e. The number of nitrogens with two attached hydrogens (primary N) is 1. The second-order valence-electron chi connectivity index (χ2n) is 4.73. The predicted molar refractivity (Wildman–Crippen MR) is 84.6 cm³/mol. The third-order valence-electron chi connectivity index (χ3n) is 3.49. The van der Waals surface area contributed by atoms with E-state index >= 15 is 0 Å². The predicted octanol–water partition coefficient (Wildman–Crippen LogP) is 4.28. The molecule has 2 aromatic rings. The average molecular weight is 309 g/mol. The van der Waals surface area contributed by atoms with Crippen molar-refractivity contribution in [3.05, 3.63) is 45.9 Å². The lowest BCUT2D eigenvalue weighted by Crippen LogP contribution is -2.14. The van der Waals surface area contributed by atoms with E-state index in [0.717, 1.165) is 30.1 Å². The van der Waals surface area contributed by atoms with Crippen molar-refractivity contribution in [3.8, 4) is 5.75 Å². The van der Waals surface area contributed by atoms with Crippen LogP contribution in [0.2, 0.25) is 10.0 Å². The molecule has 0 atom stereocenters. The van der Waals surface area contributed by atoms with Crippen LogP contribution in [0.4, 0.5) is 17.1 Å². The number of anilines is 3. The number of ether oxygens (including phenoxy) is 1. The highest BCUT2D eigenvalue weighted by molar-refractivity contribution is 6.39. The molecule has 0 saturated heterocycles. The Morgan fingerprint density at radius 1 is 1.15 bits per heavy atom. The molecule has 0 saturated carbocycles. The number of benzene rings is 2. The van der Waals surface area contributed by atoms with E-state index in [1.165, 1.54) is 5.56 Å². The molecule has 0 aromatic heterocycles. The molecular weight excluding hydrogens is 295 g/mol. The molecule has 0 unspecified atom stereocenters. The van der Waals surface area contributed by atoms with E-state index in [-0.39, 0.29) is 0 Å². The number of hydrogen-bond acceptors (Lipinski definition) is 3. The molecule has 5 heteroatoms. The minimum absolute atomic E-state index is 0.568. The number of hydrogen-bond donors (Lipinski definition) is 1. The van der Waals surface area contributed by atoms with Crippen molar-refractivity contribution < 1.29 is 4.74 Å². The Hall–Kier alpha value is -1.58. The highest BCUT2D eigenvalue weighted by Crippen LogP contribution is 2.43. The fraction of sp³-hybridized carbons (Fsp3) is 0.200. The summed E-state index contributed by atoms with van der Waals surface area (Å²) in [7, 11) is 1.67. The second kappa shape index (κ2) is 5.08. The van der Waals surface area contributed by atoms with E-state index in [4.69, 9.17) is 33.7 Å². The Kier molecular flexibility index (Phi) is 3.40. The van der Waals surface area contributed by atoms with Gasteiger partial charge in [-0.2, -0.15) is 0 Å². The van der Waals surface area contributed by atoms with Gasteiger partial charge in [-0.15, -0.1) is 0 Å². The molecule has 2 aromatic carbocycles. The first-order valence-corrected chi connectivity index (χ1v) is 7.04. The van der Waals surface area contributed by atoms with Gasteiger partial charge in [-0.05, 0) is 42.3 Å². The van der Waals surface area contributed by atoms with Crippen molar-refractivity contribution in [1.82, 2.24) is 0 Å². The molecule has 0 radical (unpaired) electrons. The number of methoxy groups -OCH3 is 1. The number of nitrogens with zero attached hydrogens (tertiary/aromatic N) is 1. The number of nitrogen functional groups attached to an aromatic ring is 1. The zero-order valence-corrected chi connectivity index (χ0v) is 12.5. The van der Waals surface area contributed by atoms with E-state index in [2.05, 4.69) is 11.0 Å². The van der Waals surface area contributed by atoms with Crippen LogP contribution in [0.25, 0.3) is 0 Å². The van der Waals surface area contributed by atoms with Gasteiger partial charge in [0.25, 0.3) is 0 Å². The van der Waals surface area contributed by atoms with Gasteiger partial charge in [-0.3, -0.25) is 0 Å². The van der Waals surface area contributed by atoms with Gasteiger partial charge in [-0.25, -0.2) is 0 Å². The van der Waals surface area contributed by atoms with Crippen LogP contribution >= 0.6 is 23.2 Å². The van der Waals surface area contributed by atoms with E-state index < -0.39 is 0 Å². The van der Waals surface area contributed by atoms with Crippen LogP contribution in [0.3, 0.4) is 0 Å². The van der Waals surface area contributed by atoms with Gasteiger partial charge in [0.05, 0.1) is 22.8 Å². The molecule has 20 heavy (non-hydrogen) atoms. The Bertz CT molecular complexity index is 650. The Morgan fingerprint density at radius 3 is 2.50 bits per heavy atom. The maximum Gasteiger partial charge on any atom is 0.119 e. The van der Waals surface area contributed by atoms with Gasteiger partial charge < -0.3 is 15.4 Å². The van der Waals surface area contributed by atoms with Crippen molar-refractivity contribution in [1.29, 1.82) is 0 Å². The fourth-order valence-corrected chi connectivity index (χ4v) is 3.29. The van der Waals surface area contributed by atoms with E-state index in [1.54, 1.807) is 19.2 Å². The quantitative estimate of drug-likeness (QED) is 0.842. The van der Waals surface area contributed by atoms with Crippen LogP contribution in [0.15, 0.2) is 30.3 Å². The molecular formula is C15H14Cl2N2O. The van der Waals surface area contributed by atoms with Crippen molar-refractivity contribution in [3.63, 3.8) is 0 Å². The summed E-state index contributed by atoms with van der Waals surface area (Å²) in [5, 5.41) is 1.14. The van der Waals surface area contributed by atoms with Crippen molar-refractivity contribution in [2.24, 2.45) is 0 Å². The van der Waals surface area contributed by atoms with Crippen molar-refractivity contribution >= 4 is 40.3 Å². The summed E-state index contributed by atoms with van der Waals surface area (Å²) in [5.41, 5.74) is 9.48. The molecule has 1 aliphatic rings. The second-order valence-corrected chi connectivity index (χ2v) is 5.54. The third kappa shape index (κ3) is 2.17.